The van der Waals surface area contributed by atoms with Crippen LogP contribution in [-0.2, 0) is 11.2 Å². The number of amides is 2. The van der Waals surface area contributed by atoms with Crippen LogP contribution in [0.1, 0.15) is 47.7 Å². The molecule has 7 nitrogen and oxygen atoms in total. The molecule has 0 radical (unpaired) electrons. The summed E-state index contributed by atoms with van der Waals surface area (Å²) in [5, 5.41) is 16.2. The Morgan fingerprint density at radius 3 is 2.58 bits per heavy atom. The Morgan fingerprint density at radius 1 is 1.20 bits per heavy atom. The maximum atomic E-state index is 13.7. The highest BCUT2D eigenvalue weighted by atomic mass is 19.1. The van der Waals surface area contributed by atoms with Crippen LogP contribution < -0.4 is 10.6 Å². The number of aromatic amines is 1. The maximum Gasteiger partial charge on any atom is 0.255 e. The second-order valence-electron chi connectivity index (χ2n) is 10.2. The van der Waals surface area contributed by atoms with Gasteiger partial charge in [0, 0.05) is 41.7 Å². The molecule has 2 heterocycles. The Bertz CT molecular complexity index is 1490. The fourth-order valence-electron chi connectivity index (χ4n) is 4.98. The SMILES string of the molecule is C/C=C\C(=C/Cc1cc(C)c(C(=O)NC)c(-c2ccc(F)cc2)occ2cc[nH]c12)C(=O)NCC1(CO)CCC1. The molecule has 0 unspecified atom stereocenters. The molecule has 1 aromatic carbocycles. The Kier molecular flexibility index (Phi) is 9.22. The van der Waals surface area contributed by atoms with Gasteiger partial charge in [0.05, 0.1) is 17.7 Å². The zero-order valence-corrected chi connectivity index (χ0v) is 23.1. The van der Waals surface area contributed by atoms with E-state index in [1.54, 1.807) is 37.7 Å². The molecule has 0 bridgehead atoms. The average Bonchev–Trinajstić information content (AvgIpc) is 3.41. The fraction of sp³-hybridized carbons (Fsp3) is 0.312. The minimum atomic E-state index is -0.388. The summed E-state index contributed by atoms with van der Waals surface area (Å²) >= 11 is 0. The monoisotopic (exact) mass is 545 g/mol. The van der Waals surface area contributed by atoms with Gasteiger partial charge in [-0.2, -0.15) is 0 Å². The van der Waals surface area contributed by atoms with Crippen LogP contribution >= 0.6 is 0 Å². The summed E-state index contributed by atoms with van der Waals surface area (Å²) in [6.45, 7) is 4.17. The van der Waals surface area contributed by atoms with E-state index in [4.69, 9.17) is 4.42 Å². The van der Waals surface area contributed by atoms with Crippen LogP contribution in [0, 0.1) is 18.2 Å². The molecule has 4 N–H and O–H groups in total. The van der Waals surface area contributed by atoms with E-state index in [9.17, 15) is 19.1 Å². The van der Waals surface area contributed by atoms with Gasteiger partial charge in [0.2, 0.25) is 0 Å². The minimum Gasteiger partial charge on any atom is -0.463 e. The summed E-state index contributed by atoms with van der Waals surface area (Å²) in [6, 6.07) is 9.56. The summed E-state index contributed by atoms with van der Waals surface area (Å²) in [5.41, 5.74) is 3.45. The summed E-state index contributed by atoms with van der Waals surface area (Å²) in [4.78, 5) is 29.4. The largest absolute Gasteiger partial charge is 0.463 e. The standard InChI is InChI=1S/C32H36FN3O4/c1-4-6-23(30(38)36-19-32(20-37)14-5-15-32)7-8-24-17-21(2)27(31(39)34-3)29(22-9-11-26(33)12-10-22)40-18-25-13-16-35-28(24)25/h4,6-7,9-13,16-18,35,37H,5,8,14-15,19-20H2,1-3H3,(H,34,39)(H,36,38)/b6-4-,21-17?,23-7+,25-18?,28-24?,29-27?. The van der Waals surface area contributed by atoms with E-state index in [-0.39, 0.29) is 29.7 Å². The van der Waals surface area contributed by atoms with Gasteiger partial charge in [-0.15, -0.1) is 0 Å². The predicted octanol–water partition coefficient (Wildman–Crippen LogP) is 5.68. The predicted molar refractivity (Wildman–Crippen MR) is 155 cm³/mol. The van der Waals surface area contributed by atoms with Crippen molar-refractivity contribution in [1.29, 1.82) is 0 Å². The lowest BCUT2D eigenvalue weighted by molar-refractivity contribution is -0.118. The third-order valence-corrected chi connectivity index (χ3v) is 7.50. The van der Waals surface area contributed by atoms with Crippen LogP contribution in [0.15, 0.2) is 77.1 Å². The molecule has 2 amide bonds. The summed E-state index contributed by atoms with van der Waals surface area (Å²) < 4.78 is 19.8. The van der Waals surface area contributed by atoms with Crippen molar-refractivity contribution in [2.45, 2.75) is 39.5 Å². The molecular formula is C32H36FN3O4. The molecule has 1 saturated carbocycles. The number of carbonyl (C=O) groups excluding carboxylic acids is 2. The Labute approximate surface area is 233 Å². The van der Waals surface area contributed by atoms with Gasteiger partial charge in [-0.25, -0.2) is 4.39 Å². The van der Waals surface area contributed by atoms with Gasteiger partial charge >= 0.3 is 0 Å². The van der Waals surface area contributed by atoms with Crippen LogP contribution in [-0.4, -0.2) is 42.1 Å². The molecule has 0 spiro atoms. The first-order chi connectivity index (χ1) is 19.3. The van der Waals surface area contributed by atoms with Gasteiger partial charge in [0.1, 0.15) is 17.8 Å². The van der Waals surface area contributed by atoms with Crippen LogP contribution in [0.5, 0.6) is 0 Å². The number of rotatable bonds is 9. The quantitative estimate of drug-likeness (QED) is 0.205. The van der Waals surface area contributed by atoms with E-state index in [0.29, 0.717) is 41.0 Å². The maximum absolute atomic E-state index is 13.7. The van der Waals surface area contributed by atoms with E-state index < -0.39 is 0 Å². The molecule has 1 aliphatic carbocycles. The molecule has 3 aromatic rings. The topological polar surface area (TPSA) is 107 Å². The van der Waals surface area contributed by atoms with Crippen molar-refractivity contribution in [3.63, 3.8) is 0 Å². The molecule has 8 heteroatoms. The van der Waals surface area contributed by atoms with Crippen molar-refractivity contribution >= 4 is 22.7 Å². The van der Waals surface area contributed by atoms with Gasteiger partial charge in [-0.05, 0) is 74.6 Å². The van der Waals surface area contributed by atoms with Crippen LogP contribution in [0.2, 0.25) is 0 Å². The van der Waals surface area contributed by atoms with Crippen molar-refractivity contribution < 1.29 is 23.5 Å². The molecule has 0 aliphatic heterocycles. The second kappa shape index (κ2) is 12.8. The molecular weight excluding hydrogens is 509 g/mol. The number of allylic oxidation sites excluding steroid dienone is 2. The summed E-state index contributed by atoms with van der Waals surface area (Å²) in [6.07, 6.45) is 12.1. The van der Waals surface area contributed by atoms with E-state index in [1.807, 2.05) is 38.1 Å². The van der Waals surface area contributed by atoms with Gasteiger partial charge < -0.3 is 25.1 Å². The van der Waals surface area contributed by atoms with Crippen molar-refractivity contribution in [2.75, 3.05) is 20.2 Å². The number of carbonyl (C=O) groups is 2. The van der Waals surface area contributed by atoms with E-state index in [2.05, 4.69) is 15.6 Å². The first-order valence-corrected chi connectivity index (χ1v) is 13.5. The Morgan fingerprint density at radius 2 is 1.95 bits per heavy atom. The minimum absolute atomic E-state index is 0.0627. The number of aliphatic hydroxyl groups is 1. The molecule has 0 atom stereocenters. The van der Waals surface area contributed by atoms with E-state index >= 15 is 0 Å². The smallest absolute Gasteiger partial charge is 0.255 e. The van der Waals surface area contributed by atoms with Crippen LogP contribution in [0.4, 0.5) is 4.39 Å². The fourth-order valence-corrected chi connectivity index (χ4v) is 4.98. The van der Waals surface area contributed by atoms with Crippen LogP contribution in [0.25, 0.3) is 22.2 Å². The third kappa shape index (κ3) is 6.34. The van der Waals surface area contributed by atoms with Gasteiger partial charge in [0.15, 0.2) is 0 Å². The van der Waals surface area contributed by atoms with E-state index in [1.165, 1.54) is 12.1 Å². The first-order valence-electron chi connectivity index (χ1n) is 13.5. The molecule has 40 heavy (non-hydrogen) atoms. The summed E-state index contributed by atoms with van der Waals surface area (Å²) in [7, 11) is 1.55. The number of aliphatic hydroxyl groups excluding tert-OH is 1. The second-order valence-corrected chi connectivity index (χ2v) is 10.2. The third-order valence-electron chi connectivity index (χ3n) is 7.50. The van der Waals surface area contributed by atoms with E-state index in [0.717, 1.165) is 35.7 Å². The summed E-state index contributed by atoms with van der Waals surface area (Å²) in [5.74, 6) is -0.626. The number of aryl methyl sites for hydroxylation is 1. The molecule has 1 fully saturated rings. The molecule has 0 saturated heterocycles. The van der Waals surface area contributed by atoms with Crippen molar-refractivity contribution in [2.24, 2.45) is 5.41 Å². The normalized spacial score (nSPS) is 14.6. The van der Waals surface area contributed by atoms with Gasteiger partial charge in [-0.3, -0.25) is 9.59 Å². The molecule has 4 rings (SSSR count). The van der Waals surface area contributed by atoms with Gasteiger partial charge in [0.25, 0.3) is 11.8 Å². The van der Waals surface area contributed by atoms with Crippen LogP contribution in [0.3, 0.4) is 0 Å². The Hall–Kier alpha value is -4.17. The number of fused-ring (bicyclic) bond motifs is 1. The number of H-pyrrole nitrogens is 1. The number of hydrogen-bond donors (Lipinski definition) is 4. The number of hydrogen-bond acceptors (Lipinski definition) is 4. The lowest BCUT2D eigenvalue weighted by atomic mass is 9.69. The highest BCUT2D eigenvalue weighted by Crippen LogP contribution is 2.39. The first kappa shape index (κ1) is 28.8. The molecule has 1 aliphatic rings. The number of halogens is 1. The zero-order valence-electron chi connectivity index (χ0n) is 23.1. The van der Waals surface area contributed by atoms with Gasteiger partial charge in [-0.1, -0.05) is 30.7 Å². The number of benzene rings is 1. The molecule has 2 aromatic heterocycles. The number of nitrogens with one attached hydrogen (secondary N) is 3. The lowest BCUT2D eigenvalue weighted by Crippen LogP contribution is -2.44. The van der Waals surface area contributed by atoms with Crippen molar-refractivity contribution in [3.05, 3.63) is 95.2 Å². The highest BCUT2D eigenvalue weighted by Gasteiger charge is 2.36. The van der Waals surface area contributed by atoms with Crippen molar-refractivity contribution in [1.82, 2.24) is 15.6 Å². The number of aromatic nitrogens is 1. The van der Waals surface area contributed by atoms with Crippen molar-refractivity contribution in [3.8, 4) is 11.3 Å². The zero-order chi connectivity index (χ0) is 28.7. The highest BCUT2D eigenvalue weighted by molar-refractivity contribution is 6.00. The molecule has 210 valence electrons. The average molecular weight is 546 g/mol. The lowest BCUT2D eigenvalue weighted by Gasteiger charge is -2.40. The Balaban J connectivity index is 1.80.